The van der Waals surface area contributed by atoms with Crippen molar-refractivity contribution in [1.29, 1.82) is 0 Å². The maximum Gasteiger partial charge on any atom is 0.257 e. The van der Waals surface area contributed by atoms with Gasteiger partial charge in [-0.05, 0) is 18.9 Å². The van der Waals surface area contributed by atoms with Crippen molar-refractivity contribution in [3.05, 3.63) is 17.8 Å². The predicted molar refractivity (Wildman–Crippen MR) is 53.0 cm³/mol. The predicted octanol–water partition coefficient (Wildman–Crippen LogP) is 0.730. The largest absolute Gasteiger partial charge is 0.484 e. The van der Waals surface area contributed by atoms with E-state index in [1.807, 2.05) is 0 Å². The van der Waals surface area contributed by atoms with Crippen LogP contribution in [0, 0.1) is 0 Å². The van der Waals surface area contributed by atoms with E-state index >= 15 is 0 Å². The number of carbonyl (C=O) groups excluding carboxylic acids is 1. The topological polar surface area (TPSA) is 74.4 Å². The molecule has 1 fully saturated rings. The zero-order valence-corrected chi connectivity index (χ0v) is 8.40. The van der Waals surface area contributed by atoms with Crippen LogP contribution in [-0.4, -0.2) is 24.1 Å². The Bertz CT molecular complexity index is 388. The highest BCUT2D eigenvalue weighted by molar-refractivity contribution is 5.96. The van der Waals surface area contributed by atoms with Crippen molar-refractivity contribution in [2.45, 2.75) is 18.9 Å². The summed E-state index contributed by atoms with van der Waals surface area (Å²) >= 11 is 0. The Morgan fingerprint density at radius 1 is 1.60 bits per heavy atom. The van der Waals surface area contributed by atoms with Crippen LogP contribution in [0.3, 0.4) is 0 Å². The molecule has 0 bridgehead atoms. The molecule has 0 aromatic carbocycles. The first-order valence-electron chi connectivity index (χ1n) is 4.72. The molecule has 1 amide bonds. The van der Waals surface area contributed by atoms with Gasteiger partial charge in [-0.2, -0.15) is 0 Å². The fraction of sp³-hybridized carbons (Fsp3) is 0.400. The highest BCUT2D eigenvalue weighted by Gasteiger charge is 2.27. The average Bonchev–Trinajstić information content (AvgIpc) is 3.01. The molecule has 1 aliphatic carbocycles. The first-order chi connectivity index (χ1) is 7.22. The summed E-state index contributed by atoms with van der Waals surface area (Å²) in [5.74, 6) is 0.125. The molecule has 0 saturated heterocycles. The molecule has 1 aromatic heterocycles. The van der Waals surface area contributed by atoms with Crippen LogP contribution in [0.15, 0.2) is 12.3 Å². The van der Waals surface area contributed by atoms with E-state index < -0.39 is 5.91 Å². The van der Waals surface area contributed by atoms with Crippen molar-refractivity contribution < 1.29 is 14.3 Å². The van der Waals surface area contributed by atoms with Crippen LogP contribution in [0.2, 0.25) is 0 Å². The summed E-state index contributed by atoms with van der Waals surface area (Å²) in [4.78, 5) is 15.1. The minimum Gasteiger partial charge on any atom is -0.484 e. The van der Waals surface area contributed by atoms with Crippen LogP contribution >= 0.6 is 0 Å². The number of nitrogens with two attached hydrogens (primary N) is 1. The van der Waals surface area contributed by atoms with Gasteiger partial charge in [0.25, 0.3) is 11.8 Å². The van der Waals surface area contributed by atoms with Gasteiger partial charge in [-0.1, -0.05) is 0 Å². The third kappa shape index (κ3) is 2.01. The lowest BCUT2D eigenvalue weighted by Crippen LogP contribution is -2.14. The van der Waals surface area contributed by atoms with E-state index in [-0.39, 0.29) is 6.10 Å². The summed E-state index contributed by atoms with van der Waals surface area (Å²) in [5.41, 5.74) is 5.55. The Morgan fingerprint density at radius 2 is 2.33 bits per heavy atom. The summed E-state index contributed by atoms with van der Waals surface area (Å²) in [6.07, 6.45) is 3.63. The molecule has 5 heteroatoms. The maximum atomic E-state index is 11.2. The number of rotatable bonds is 4. The monoisotopic (exact) mass is 208 g/mol. The van der Waals surface area contributed by atoms with Gasteiger partial charge in [0.05, 0.1) is 18.8 Å². The summed E-state index contributed by atoms with van der Waals surface area (Å²) in [6.45, 7) is 0. The highest BCUT2D eigenvalue weighted by atomic mass is 16.5. The van der Waals surface area contributed by atoms with Gasteiger partial charge in [0.1, 0.15) is 0 Å². The summed E-state index contributed by atoms with van der Waals surface area (Å²) in [6, 6.07) is 1.53. The third-order valence-corrected chi connectivity index (χ3v) is 2.14. The van der Waals surface area contributed by atoms with E-state index in [0.717, 1.165) is 12.8 Å². The molecule has 2 rings (SSSR count). The molecule has 15 heavy (non-hydrogen) atoms. The maximum absolute atomic E-state index is 11.2. The van der Waals surface area contributed by atoms with Gasteiger partial charge >= 0.3 is 0 Å². The molecule has 1 heterocycles. The molecular formula is C10H12N2O3. The van der Waals surface area contributed by atoms with E-state index in [1.165, 1.54) is 19.4 Å². The van der Waals surface area contributed by atoms with Crippen LogP contribution in [0.25, 0.3) is 0 Å². The number of pyridine rings is 1. The molecule has 1 aromatic rings. The van der Waals surface area contributed by atoms with Crippen molar-refractivity contribution in [3.63, 3.8) is 0 Å². The molecule has 80 valence electrons. The normalized spacial score (nSPS) is 14.7. The lowest BCUT2D eigenvalue weighted by molar-refractivity contribution is 0.0995. The van der Waals surface area contributed by atoms with Crippen LogP contribution < -0.4 is 15.2 Å². The van der Waals surface area contributed by atoms with Crippen molar-refractivity contribution in [2.75, 3.05) is 7.11 Å². The average molecular weight is 208 g/mol. The second-order valence-corrected chi connectivity index (χ2v) is 3.38. The lowest BCUT2D eigenvalue weighted by atomic mass is 10.2. The van der Waals surface area contributed by atoms with Gasteiger partial charge < -0.3 is 15.2 Å². The molecule has 1 saturated carbocycles. The molecule has 0 atom stereocenters. The van der Waals surface area contributed by atoms with E-state index in [0.29, 0.717) is 17.2 Å². The van der Waals surface area contributed by atoms with Crippen LogP contribution in [0.5, 0.6) is 11.6 Å². The Kier molecular flexibility index (Phi) is 2.45. The number of hydrogen-bond acceptors (Lipinski definition) is 4. The summed E-state index contributed by atoms with van der Waals surface area (Å²) < 4.78 is 10.6. The number of nitrogens with zero attached hydrogens (tertiary/aromatic N) is 1. The third-order valence-electron chi connectivity index (χ3n) is 2.14. The number of carbonyl (C=O) groups is 1. The van der Waals surface area contributed by atoms with Gasteiger partial charge in [-0.3, -0.25) is 4.79 Å². The highest BCUT2D eigenvalue weighted by Crippen LogP contribution is 2.34. The Morgan fingerprint density at radius 3 is 2.87 bits per heavy atom. The standard InChI is InChI=1S/C10H12N2O3/c1-14-10-8(15-6-2-3-6)7(9(11)13)4-5-12-10/h4-6H,2-3H2,1H3,(H2,11,13). The molecule has 1 aliphatic rings. The zero-order valence-electron chi connectivity index (χ0n) is 8.40. The zero-order chi connectivity index (χ0) is 10.8. The second kappa shape index (κ2) is 3.76. The molecule has 0 radical (unpaired) electrons. The summed E-state index contributed by atoms with van der Waals surface area (Å²) in [5, 5.41) is 0. The van der Waals surface area contributed by atoms with E-state index in [9.17, 15) is 4.79 Å². The SMILES string of the molecule is COc1nccc(C(N)=O)c1OC1CC1. The van der Waals surface area contributed by atoms with Gasteiger partial charge in [-0.15, -0.1) is 0 Å². The smallest absolute Gasteiger partial charge is 0.257 e. The number of primary amides is 1. The molecular weight excluding hydrogens is 196 g/mol. The minimum atomic E-state index is -0.536. The second-order valence-electron chi connectivity index (χ2n) is 3.38. The number of methoxy groups -OCH3 is 1. The first-order valence-corrected chi connectivity index (χ1v) is 4.72. The first kappa shape index (κ1) is 9.76. The van der Waals surface area contributed by atoms with Crippen molar-refractivity contribution in [1.82, 2.24) is 4.98 Å². The Hall–Kier alpha value is -1.78. The van der Waals surface area contributed by atoms with Crippen molar-refractivity contribution in [3.8, 4) is 11.6 Å². The Labute approximate surface area is 87.2 Å². The fourth-order valence-corrected chi connectivity index (χ4v) is 1.23. The molecule has 2 N–H and O–H groups in total. The van der Waals surface area contributed by atoms with E-state index in [2.05, 4.69) is 4.98 Å². The van der Waals surface area contributed by atoms with Gasteiger partial charge in [0.15, 0.2) is 5.75 Å². The number of aromatic nitrogens is 1. The molecule has 0 spiro atoms. The van der Waals surface area contributed by atoms with Gasteiger partial charge in [0, 0.05) is 6.20 Å². The van der Waals surface area contributed by atoms with Crippen molar-refractivity contribution >= 4 is 5.91 Å². The Balaban J connectivity index is 2.38. The van der Waals surface area contributed by atoms with Crippen LogP contribution in [0.4, 0.5) is 0 Å². The number of hydrogen-bond donors (Lipinski definition) is 1. The molecule has 0 aliphatic heterocycles. The van der Waals surface area contributed by atoms with Crippen LogP contribution in [0.1, 0.15) is 23.2 Å². The van der Waals surface area contributed by atoms with E-state index in [1.54, 1.807) is 0 Å². The summed E-state index contributed by atoms with van der Waals surface area (Å²) in [7, 11) is 1.48. The number of ether oxygens (including phenoxy) is 2. The molecule has 0 unspecified atom stereocenters. The number of amides is 1. The van der Waals surface area contributed by atoms with Gasteiger partial charge in [0.2, 0.25) is 0 Å². The minimum absolute atomic E-state index is 0.168. The fourth-order valence-electron chi connectivity index (χ4n) is 1.23. The quantitative estimate of drug-likeness (QED) is 0.791. The van der Waals surface area contributed by atoms with Gasteiger partial charge in [-0.25, -0.2) is 4.98 Å². The lowest BCUT2D eigenvalue weighted by Gasteiger charge is -2.11. The van der Waals surface area contributed by atoms with Crippen LogP contribution in [-0.2, 0) is 0 Å². The molecule has 5 nitrogen and oxygen atoms in total. The van der Waals surface area contributed by atoms with Crippen molar-refractivity contribution in [2.24, 2.45) is 5.73 Å². The van der Waals surface area contributed by atoms with E-state index in [4.69, 9.17) is 15.2 Å².